The molecule has 0 aliphatic carbocycles. The fourth-order valence-corrected chi connectivity index (χ4v) is 3.31. The minimum atomic E-state index is 0.695. The Bertz CT molecular complexity index is 213. The first kappa shape index (κ1) is 16.0. The van der Waals surface area contributed by atoms with Crippen molar-refractivity contribution in [3.05, 3.63) is 0 Å². The van der Waals surface area contributed by atoms with Crippen LogP contribution < -0.4 is 5.73 Å². The maximum atomic E-state index is 5.93. The van der Waals surface area contributed by atoms with E-state index in [2.05, 4.69) is 32.6 Å². The second kappa shape index (κ2) is 8.16. The summed E-state index contributed by atoms with van der Waals surface area (Å²) in [4.78, 5) is 2.67. The lowest BCUT2D eigenvalue weighted by molar-refractivity contribution is 0.218. The second-order valence-electron chi connectivity index (χ2n) is 6.97. The highest BCUT2D eigenvalue weighted by Crippen LogP contribution is 2.25. The monoisotopic (exact) mass is 254 g/mol. The summed E-state index contributed by atoms with van der Waals surface area (Å²) < 4.78 is 0. The fraction of sp³-hybridized carbons (Fsp3) is 1.00. The Morgan fingerprint density at radius 1 is 1.11 bits per heavy atom. The van der Waals surface area contributed by atoms with Crippen LogP contribution in [-0.4, -0.2) is 31.1 Å². The first-order valence-electron chi connectivity index (χ1n) is 7.95. The lowest BCUT2D eigenvalue weighted by Gasteiger charge is -2.27. The maximum absolute atomic E-state index is 5.93. The molecule has 0 amide bonds. The molecule has 1 fully saturated rings. The Morgan fingerprint density at radius 2 is 1.83 bits per heavy atom. The molecular formula is C16H34N2. The molecule has 0 spiro atoms. The molecule has 2 unspecified atom stereocenters. The molecule has 2 N–H and O–H groups in total. The van der Waals surface area contributed by atoms with Crippen LogP contribution in [0.2, 0.25) is 0 Å². The Kier molecular flexibility index (Phi) is 7.25. The van der Waals surface area contributed by atoms with Crippen LogP contribution in [0.4, 0.5) is 0 Å². The van der Waals surface area contributed by atoms with Gasteiger partial charge in [0.2, 0.25) is 0 Å². The topological polar surface area (TPSA) is 29.3 Å². The van der Waals surface area contributed by atoms with E-state index in [1.165, 1.54) is 45.3 Å². The normalized spacial score (nSPS) is 24.5. The van der Waals surface area contributed by atoms with Crippen molar-refractivity contribution in [3.63, 3.8) is 0 Å². The highest BCUT2D eigenvalue weighted by atomic mass is 15.1. The van der Waals surface area contributed by atoms with Gasteiger partial charge in [-0.25, -0.2) is 0 Å². The molecule has 1 aliphatic rings. The Labute approximate surface area is 114 Å². The van der Waals surface area contributed by atoms with Crippen LogP contribution in [0.25, 0.3) is 0 Å². The van der Waals surface area contributed by atoms with Crippen LogP contribution in [0.5, 0.6) is 0 Å². The number of rotatable bonds is 6. The van der Waals surface area contributed by atoms with Crippen molar-refractivity contribution in [3.8, 4) is 0 Å². The van der Waals surface area contributed by atoms with Gasteiger partial charge >= 0.3 is 0 Å². The molecule has 2 nitrogen and oxygen atoms in total. The number of hydrogen-bond acceptors (Lipinski definition) is 2. The van der Waals surface area contributed by atoms with Crippen LogP contribution in [-0.2, 0) is 0 Å². The highest BCUT2D eigenvalue weighted by Gasteiger charge is 2.21. The summed E-state index contributed by atoms with van der Waals surface area (Å²) in [5, 5.41) is 0. The molecule has 1 aliphatic heterocycles. The average molecular weight is 254 g/mol. The zero-order chi connectivity index (χ0) is 13.5. The van der Waals surface area contributed by atoms with Gasteiger partial charge in [0.25, 0.3) is 0 Å². The van der Waals surface area contributed by atoms with Crippen LogP contribution in [0.1, 0.15) is 53.4 Å². The molecule has 0 aromatic carbocycles. The van der Waals surface area contributed by atoms with Gasteiger partial charge in [0.1, 0.15) is 0 Å². The highest BCUT2D eigenvalue weighted by molar-refractivity contribution is 4.75. The molecule has 2 heteroatoms. The lowest BCUT2D eigenvalue weighted by Crippen LogP contribution is -2.34. The van der Waals surface area contributed by atoms with Gasteiger partial charge in [-0.15, -0.1) is 0 Å². The molecular weight excluding hydrogens is 220 g/mol. The number of hydrogen-bond donors (Lipinski definition) is 1. The van der Waals surface area contributed by atoms with Crippen molar-refractivity contribution >= 4 is 0 Å². The molecule has 1 heterocycles. The number of likely N-dealkylation sites (tertiary alicyclic amines) is 1. The molecule has 0 radical (unpaired) electrons. The predicted molar refractivity (Wildman–Crippen MR) is 80.6 cm³/mol. The van der Waals surface area contributed by atoms with Crippen molar-refractivity contribution < 1.29 is 0 Å². The zero-order valence-corrected chi connectivity index (χ0v) is 13.0. The van der Waals surface area contributed by atoms with Crippen molar-refractivity contribution in [2.75, 3.05) is 26.2 Å². The van der Waals surface area contributed by atoms with Crippen LogP contribution >= 0.6 is 0 Å². The summed E-state index contributed by atoms with van der Waals surface area (Å²) in [6, 6.07) is 0. The Balaban J connectivity index is 2.38. The van der Waals surface area contributed by atoms with Crippen molar-refractivity contribution in [2.24, 2.45) is 29.4 Å². The largest absolute Gasteiger partial charge is 0.330 e. The van der Waals surface area contributed by atoms with Gasteiger partial charge in [-0.05, 0) is 69.0 Å². The van der Waals surface area contributed by atoms with E-state index < -0.39 is 0 Å². The molecule has 1 saturated heterocycles. The van der Waals surface area contributed by atoms with E-state index in [1.807, 2.05) is 0 Å². The van der Waals surface area contributed by atoms with Gasteiger partial charge in [-0.2, -0.15) is 0 Å². The SMILES string of the molecule is CC(C)CC(CN)CN1CCCC(C(C)C)CC1. The van der Waals surface area contributed by atoms with Gasteiger partial charge in [0, 0.05) is 6.54 Å². The Morgan fingerprint density at radius 3 is 2.39 bits per heavy atom. The van der Waals surface area contributed by atoms with Gasteiger partial charge in [-0.1, -0.05) is 27.7 Å². The maximum Gasteiger partial charge on any atom is 0.00218 e. The van der Waals surface area contributed by atoms with E-state index in [1.54, 1.807) is 0 Å². The lowest BCUT2D eigenvalue weighted by atomic mass is 9.89. The van der Waals surface area contributed by atoms with E-state index in [0.717, 1.165) is 24.3 Å². The van der Waals surface area contributed by atoms with Gasteiger partial charge in [0.05, 0.1) is 0 Å². The molecule has 1 rings (SSSR count). The third kappa shape index (κ3) is 5.71. The third-order valence-corrected chi connectivity index (χ3v) is 4.46. The zero-order valence-electron chi connectivity index (χ0n) is 13.0. The van der Waals surface area contributed by atoms with E-state index in [9.17, 15) is 0 Å². The summed E-state index contributed by atoms with van der Waals surface area (Å²) in [5.41, 5.74) is 5.93. The molecule has 0 aromatic heterocycles. The summed E-state index contributed by atoms with van der Waals surface area (Å²) >= 11 is 0. The summed E-state index contributed by atoms with van der Waals surface area (Å²) in [5.74, 6) is 3.26. The second-order valence-corrected chi connectivity index (χ2v) is 6.97. The van der Waals surface area contributed by atoms with Crippen LogP contribution in [0.3, 0.4) is 0 Å². The standard InChI is InChI=1S/C16H34N2/c1-13(2)10-15(11-17)12-18-8-5-6-16(7-9-18)14(3)4/h13-16H,5-12,17H2,1-4H3. The first-order valence-corrected chi connectivity index (χ1v) is 7.95. The first-order chi connectivity index (χ1) is 8.52. The van der Waals surface area contributed by atoms with Gasteiger partial charge in [-0.3, -0.25) is 0 Å². The minimum Gasteiger partial charge on any atom is -0.330 e. The smallest absolute Gasteiger partial charge is 0.00218 e. The summed E-state index contributed by atoms with van der Waals surface area (Å²) in [6.45, 7) is 14.0. The molecule has 18 heavy (non-hydrogen) atoms. The summed E-state index contributed by atoms with van der Waals surface area (Å²) in [6.07, 6.45) is 5.46. The third-order valence-electron chi connectivity index (χ3n) is 4.46. The van der Waals surface area contributed by atoms with E-state index >= 15 is 0 Å². The molecule has 2 atom stereocenters. The van der Waals surface area contributed by atoms with Gasteiger partial charge < -0.3 is 10.6 Å². The molecule has 0 aromatic rings. The van der Waals surface area contributed by atoms with E-state index in [0.29, 0.717) is 5.92 Å². The van der Waals surface area contributed by atoms with Crippen molar-refractivity contribution in [1.82, 2.24) is 4.90 Å². The van der Waals surface area contributed by atoms with Crippen LogP contribution in [0, 0.1) is 23.7 Å². The van der Waals surface area contributed by atoms with Crippen molar-refractivity contribution in [1.29, 1.82) is 0 Å². The van der Waals surface area contributed by atoms with Crippen LogP contribution in [0.15, 0.2) is 0 Å². The molecule has 0 saturated carbocycles. The van der Waals surface area contributed by atoms with Crippen molar-refractivity contribution in [2.45, 2.75) is 53.4 Å². The van der Waals surface area contributed by atoms with E-state index in [4.69, 9.17) is 5.73 Å². The fourth-order valence-electron chi connectivity index (χ4n) is 3.31. The summed E-state index contributed by atoms with van der Waals surface area (Å²) in [7, 11) is 0. The molecule has 108 valence electrons. The Hall–Kier alpha value is -0.0800. The van der Waals surface area contributed by atoms with E-state index in [-0.39, 0.29) is 0 Å². The number of nitrogens with two attached hydrogens (primary N) is 1. The average Bonchev–Trinajstić information content (AvgIpc) is 2.53. The number of nitrogens with zero attached hydrogens (tertiary/aromatic N) is 1. The quantitative estimate of drug-likeness (QED) is 0.787. The predicted octanol–water partition coefficient (Wildman–Crippen LogP) is 3.37. The van der Waals surface area contributed by atoms with Gasteiger partial charge in [0.15, 0.2) is 0 Å². The minimum absolute atomic E-state index is 0.695. The molecule has 0 bridgehead atoms.